The molecule has 0 unspecified atom stereocenters. The van der Waals surface area contributed by atoms with Crippen LogP contribution >= 0.6 is 55.1 Å². The van der Waals surface area contributed by atoms with Crippen LogP contribution in [0.4, 0.5) is 0 Å². The summed E-state index contributed by atoms with van der Waals surface area (Å²) >= 11 is 18.5. The highest BCUT2D eigenvalue weighted by Crippen LogP contribution is 2.32. The van der Waals surface area contributed by atoms with E-state index in [0.29, 0.717) is 21.0 Å². The highest BCUT2D eigenvalue weighted by atomic mass is 79.9. The highest BCUT2D eigenvalue weighted by Gasteiger charge is 2.11. The number of carbonyl (C=O) groups is 2. The van der Waals surface area contributed by atoms with Gasteiger partial charge < -0.3 is 9.47 Å². The van der Waals surface area contributed by atoms with E-state index in [9.17, 15) is 9.59 Å². The Morgan fingerprint density at radius 3 is 2.22 bits per heavy atom. The second-order valence-electron chi connectivity index (χ2n) is 5.28. The molecule has 0 bridgehead atoms. The fraction of sp³-hybridized carbons (Fsp3) is 0.176. The first kappa shape index (κ1) is 21.8. The Kier molecular flexibility index (Phi) is 8.22. The molecule has 0 aliphatic rings. The van der Waals surface area contributed by atoms with Crippen molar-refractivity contribution in [2.24, 2.45) is 0 Å². The van der Waals surface area contributed by atoms with Gasteiger partial charge in [0.05, 0.1) is 9.50 Å². The second-order valence-corrected chi connectivity index (χ2v) is 7.90. The van der Waals surface area contributed by atoms with Crippen LogP contribution in [0.3, 0.4) is 0 Å². The molecule has 0 aliphatic carbocycles. The summed E-state index contributed by atoms with van der Waals surface area (Å²) in [4.78, 5) is 23.6. The number of aryl methyl sites for hydroxylation is 1. The lowest BCUT2D eigenvalue weighted by molar-refractivity contribution is -0.131. The molecule has 10 heteroatoms. The second kappa shape index (κ2) is 10.2. The molecule has 0 aromatic heterocycles. The normalized spacial score (nSPS) is 10.3. The van der Waals surface area contributed by atoms with Crippen LogP contribution in [-0.2, 0) is 9.59 Å². The average Bonchev–Trinajstić information content (AvgIpc) is 2.58. The van der Waals surface area contributed by atoms with Gasteiger partial charge in [-0.2, -0.15) is 0 Å². The number of hydrogen-bond donors (Lipinski definition) is 2. The van der Waals surface area contributed by atoms with E-state index in [1.54, 1.807) is 18.2 Å². The molecular formula is C17H14Br2Cl2N2O4. The summed E-state index contributed by atoms with van der Waals surface area (Å²) in [6, 6.07) is 8.29. The van der Waals surface area contributed by atoms with Gasteiger partial charge in [0, 0.05) is 9.50 Å². The number of carbonyl (C=O) groups excluding carboxylic acids is 2. The third kappa shape index (κ3) is 6.88. The van der Waals surface area contributed by atoms with Crippen LogP contribution in [0.5, 0.6) is 11.5 Å². The maximum Gasteiger partial charge on any atom is 0.276 e. The number of rotatable bonds is 6. The maximum absolute atomic E-state index is 11.8. The van der Waals surface area contributed by atoms with Crippen molar-refractivity contribution in [2.45, 2.75) is 6.92 Å². The predicted octanol–water partition coefficient (Wildman–Crippen LogP) is 4.43. The van der Waals surface area contributed by atoms with Crippen molar-refractivity contribution in [3.05, 3.63) is 54.9 Å². The molecular weight excluding hydrogens is 527 g/mol. The van der Waals surface area contributed by atoms with Gasteiger partial charge in [-0.25, -0.2) is 0 Å². The largest absolute Gasteiger partial charge is 0.482 e. The molecule has 6 nitrogen and oxygen atoms in total. The van der Waals surface area contributed by atoms with E-state index in [1.807, 2.05) is 13.0 Å². The Balaban J connectivity index is 1.76. The van der Waals surface area contributed by atoms with E-state index < -0.39 is 11.8 Å². The summed E-state index contributed by atoms with van der Waals surface area (Å²) in [6.45, 7) is 1.24. The number of amides is 2. The van der Waals surface area contributed by atoms with Crippen molar-refractivity contribution in [2.75, 3.05) is 13.2 Å². The summed E-state index contributed by atoms with van der Waals surface area (Å²) < 4.78 is 12.3. The molecule has 144 valence electrons. The topological polar surface area (TPSA) is 76.7 Å². The zero-order valence-corrected chi connectivity index (χ0v) is 18.6. The number of hydrazine groups is 1. The minimum Gasteiger partial charge on any atom is -0.482 e. The lowest BCUT2D eigenvalue weighted by atomic mass is 10.2. The highest BCUT2D eigenvalue weighted by molar-refractivity contribution is 9.11. The van der Waals surface area contributed by atoms with Crippen LogP contribution in [0.25, 0.3) is 0 Å². The molecule has 0 aliphatic heterocycles. The molecule has 0 saturated carbocycles. The summed E-state index contributed by atoms with van der Waals surface area (Å²) in [5.41, 5.74) is 5.32. The van der Waals surface area contributed by atoms with Gasteiger partial charge in [-0.3, -0.25) is 20.4 Å². The molecule has 2 amide bonds. The van der Waals surface area contributed by atoms with Crippen molar-refractivity contribution in [1.82, 2.24) is 10.9 Å². The maximum atomic E-state index is 11.8. The van der Waals surface area contributed by atoms with E-state index in [4.69, 9.17) is 32.7 Å². The van der Waals surface area contributed by atoms with Gasteiger partial charge in [-0.15, -0.1) is 0 Å². The van der Waals surface area contributed by atoms with Crippen LogP contribution in [-0.4, -0.2) is 25.0 Å². The lowest BCUT2D eigenvalue weighted by Gasteiger charge is -2.13. The predicted molar refractivity (Wildman–Crippen MR) is 110 cm³/mol. The fourth-order valence-corrected chi connectivity index (χ4v) is 3.97. The molecule has 2 rings (SSSR count). The Hall–Kier alpha value is -1.48. The van der Waals surface area contributed by atoms with E-state index in [2.05, 4.69) is 42.7 Å². The van der Waals surface area contributed by atoms with Gasteiger partial charge in [0.1, 0.15) is 11.5 Å². The van der Waals surface area contributed by atoms with Gasteiger partial charge in [0.15, 0.2) is 13.2 Å². The zero-order chi connectivity index (χ0) is 20.0. The quantitative estimate of drug-likeness (QED) is 0.531. The van der Waals surface area contributed by atoms with Gasteiger partial charge in [-0.1, -0.05) is 39.1 Å². The molecule has 0 heterocycles. The average molecular weight is 541 g/mol. The third-order valence-electron chi connectivity index (χ3n) is 3.14. The number of halogens is 4. The third-order valence-corrected chi connectivity index (χ3v) is 4.71. The zero-order valence-electron chi connectivity index (χ0n) is 13.9. The lowest BCUT2D eigenvalue weighted by Crippen LogP contribution is -2.45. The first-order valence-corrected chi connectivity index (χ1v) is 9.84. The Morgan fingerprint density at radius 2 is 1.63 bits per heavy atom. The van der Waals surface area contributed by atoms with Crippen molar-refractivity contribution >= 4 is 66.9 Å². The van der Waals surface area contributed by atoms with Crippen molar-refractivity contribution < 1.29 is 19.1 Å². The first-order chi connectivity index (χ1) is 12.8. The van der Waals surface area contributed by atoms with E-state index in [-0.39, 0.29) is 18.2 Å². The summed E-state index contributed by atoms with van der Waals surface area (Å²) in [5.74, 6) is -0.237. The number of benzene rings is 2. The van der Waals surface area contributed by atoms with Gasteiger partial charge in [0.25, 0.3) is 11.8 Å². The smallest absolute Gasteiger partial charge is 0.276 e. The van der Waals surface area contributed by atoms with Crippen molar-refractivity contribution in [3.8, 4) is 11.5 Å². The minimum atomic E-state index is -0.560. The summed E-state index contributed by atoms with van der Waals surface area (Å²) in [5, 5.41) is 0.736. The summed E-state index contributed by atoms with van der Waals surface area (Å²) in [6.07, 6.45) is 0. The molecule has 0 atom stereocenters. The molecule has 2 aromatic rings. The van der Waals surface area contributed by atoms with Crippen molar-refractivity contribution in [3.63, 3.8) is 0 Å². The molecule has 2 N–H and O–H groups in total. The molecule has 0 saturated heterocycles. The van der Waals surface area contributed by atoms with E-state index in [0.717, 1.165) is 10.0 Å². The van der Waals surface area contributed by atoms with Crippen LogP contribution in [0.15, 0.2) is 39.3 Å². The van der Waals surface area contributed by atoms with Crippen molar-refractivity contribution in [1.29, 1.82) is 0 Å². The van der Waals surface area contributed by atoms with E-state index in [1.165, 1.54) is 6.07 Å². The SMILES string of the molecule is Cc1cc(Br)cc(Br)c1OCC(=O)NNC(=O)COc1ccc(Cl)cc1Cl. The Bertz CT molecular complexity index is 842. The van der Waals surface area contributed by atoms with Crippen LogP contribution < -0.4 is 20.3 Å². The van der Waals surface area contributed by atoms with Crippen LogP contribution in [0.2, 0.25) is 10.0 Å². The molecule has 0 fully saturated rings. The van der Waals surface area contributed by atoms with E-state index >= 15 is 0 Å². The molecule has 27 heavy (non-hydrogen) atoms. The number of ether oxygens (including phenoxy) is 2. The Morgan fingerprint density at radius 1 is 1.00 bits per heavy atom. The molecule has 0 radical (unpaired) electrons. The van der Waals surface area contributed by atoms with Gasteiger partial charge in [-0.05, 0) is 58.7 Å². The first-order valence-electron chi connectivity index (χ1n) is 7.50. The van der Waals surface area contributed by atoms with Gasteiger partial charge >= 0.3 is 0 Å². The number of nitrogens with one attached hydrogen (secondary N) is 2. The molecule has 0 spiro atoms. The minimum absolute atomic E-state index is 0.273. The summed E-state index contributed by atoms with van der Waals surface area (Å²) in [7, 11) is 0. The number of hydrogen-bond acceptors (Lipinski definition) is 4. The van der Waals surface area contributed by atoms with Crippen LogP contribution in [0.1, 0.15) is 5.56 Å². The fourth-order valence-electron chi connectivity index (χ4n) is 1.96. The standard InChI is InChI=1S/C17H14Br2Cl2N2O4/c1-9-4-10(18)5-12(19)17(9)27-8-16(25)23-22-15(24)7-26-14-3-2-11(20)6-13(14)21/h2-6H,7-8H2,1H3,(H,22,24)(H,23,25). The van der Waals surface area contributed by atoms with Crippen LogP contribution in [0, 0.1) is 6.92 Å². The monoisotopic (exact) mass is 538 g/mol. The molecule has 2 aromatic carbocycles. The Labute approximate surface area is 182 Å². The van der Waals surface area contributed by atoms with Gasteiger partial charge in [0.2, 0.25) is 0 Å².